The molecule has 1 atom stereocenters. The van der Waals surface area contributed by atoms with E-state index >= 15 is 0 Å². The molecule has 110 valence electrons. The molecular weight excluding hydrogens is 256 g/mol. The van der Waals surface area contributed by atoms with Gasteiger partial charge in [-0.15, -0.1) is 0 Å². The molecule has 0 aromatic carbocycles. The summed E-state index contributed by atoms with van der Waals surface area (Å²) >= 11 is 0. The Morgan fingerprint density at radius 3 is 2.60 bits per heavy atom. The Balaban J connectivity index is 1.78. The average Bonchev–Trinajstić information content (AvgIpc) is 2.93. The number of hydrogen-bond acceptors (Lipinski definition) is 4. The molecule has 20 heavy (non-hydrogen) atoms. The van der Waals surface area contributed by atoms with Crippen molar-refractivity contribution in [2.45, 2.75) is 63.4 Å². The van der Waals surface area contributed by atoms with Crippen molar-refractivity contribution in [3.8, 4) is 5.88 Å². The molecule has 5 nitrogen and oxygen atoms in total. The normalized spacial score (nSPS) is 24.1. The van der Waals surface area contributed by atoms with Crippen molar-refractivity contribution in [3.63, 3.8) is 0 Å². The van der Waals surface area contributed by atoms with Gasteiger partial charge in [0.15, 0.2) is 0 Å². The van der Waals surface area contributed by atoms with Crippen LogP contribution in [-0.2, 0) is 11.2 Å². The smallest absolute Gasteiger partial charge is 0.258 e. The summed E-state index contributed by atoms with van der Waals surface area (Å²) in [5.74, 6) is 0.638. The molecule has 5 heteroatoms. The van der Waals surface area contributed by atoms with Gasteiger partial charge >= 0.3 is 0 Å². The van der Waals surface area contributed by atoms with Crippen LogP contribution in [0.3, 0.4) is 0 Å². The van der Waals surface area contributed by atoms with Gasteiger partial charge in [-0.05, 0) is 38.0 Å². The number of rotatable bonds is 3. The van der Waals surface area contributed by atoms with Gasteiger partial charge in [-0.25, -0.2) is 0 Å². The highest BCUT2D eigenvalue weighted by Crippen LogP contribution is 2.35. The highest BCUT2D eigenvalue weighted by molar-refractivity contribution is 5.27. The van der Waals surface area contributed by atoms with Crippen molar-refractivity contribution >= 4 is 0 Å². The first kappa shape index (κ1) is 13.6. The number of nitrogens with zero attached hydrogens (tertiary/aromatic N) is 1. The van der Waals surface area contributed by atoms with Crippen LogP contribution in [0.5, 0.6) is 5.88 Å². The second kappa shape index (κ2) is 5.95. The Labute approximate surface area is 118 Å². The first-order valence-electron chi connectivity index (χ1n) is 7.67. The predicted molar refractivity (Wildman–Crippen MR) is 75.0 cm³/mol. The van der Waals surface area contributed by atoms with E-state index in [1.807, 2.05) is 0 Å². The van der Waals surface area contributed by atoms with E-state index in [2.05, 4.69) is 9.97 Å². The molecule has 1 aliphatic carbocycles. The highest BCUT2D eigenvalue weighted by Gasteiger charge is 2.25. The van der Waals surface area contributed by atoms with E-state index in [1.54, 1.807) is 0 Å². The van der Waals surface area contributed by atoms with Crippen LogP contribution in [0.25, 0.3) is 0 Å². The lowest BCUT2D eigenvalue weighted by atomic mass is 10.00. The maximum atomic E-state index is 12.2. The highest BCUT2D eigenvalue weighted by atomic mass is 16.5. The van der Waals surface area contributed by atoms with E-state index in [0.29, 0.717) is 17.8 Å². The minimum Gasteiger partial charge on any atom is -0.493 e. The van der Waals surface area contributed by atoms with Crippen molar-refractivity contribution in [2.75, 3.05) is 6.61 Å². The number of aromatic hydroxyl groups is 1. The molecule has 0 amide bonds. The summed E-state index contributed by atoms with van der Waals surface area (Å²) in [7, 11) is 0. The molecule has 2 N–H and O–H groups in total. The van der Waals surface area contributed by atoms with Gasteiger partial charge in [0.1, 0.15) is 5.82 Å². The third kappa shape index (κ3) is 2.87. The molecule has 1 unspecified atom stereocenters. The van der Waals surface area contributed by atoms with Crippen LogP contribution in [0.1, 0.15) is 62.3 Å². The Hall–Kier alpha value is -1.36. The van der Waals surface area contributed by atoms with Gasteiger partial charge < -0.3 is 14.8 Å². The van der Waals surface area contributed by atoms with Crippen LogP contribution in [0.15, 0.2) is 4.79 Å². The van der Waals surface area contributed by atoms with E-state index < -0.39 is 0 Å². The first-order chi connectivity index (χ1) is 9.74. The van der Waals surface area contributed by atoms with Crippen LogP contribution in [0, 0.1) is 0 Å². The summed E-state index contributed by atoms with van der Waals surface area (Å²) in [5.41, 5.74) is 0.311. The van der Waals surface area contributed by atoms with Crippen molar-refractivity contribution in [1.82, 2.24) is 9.97 Å². The molecule has 1 saturated heterocycles. The minimum atomic E-state index is -0.171. The molecule has 1 aromatic heterocycles. The molecule has 1 aromatic rings. The summed E-state index contributed by atoms with van der Waals surface area (Å²) in [6.45, 7) is 0.779. The van der Waals surface area contributed by atoms with Crippen molar-refractivity contribution in [2.24, 2.45) is 0 Å². The van der Waals surface area contributed by atoms with Crippen LogP contribution in [-0.4, -0.2) is 27.8 Å². The fourth-order valence-corrected chi connectivity index (χ4v) is 3.38. The first-order valence-corrected chi connectivity index (χ1v) is 7.67. The van der Waals surface area contributed by atoms with Gasteiger partial charge in [-0.1, -0.05) is 12.8 Å². The Bertz CT molecular complexity index is 514. The van der Waals surface area contributed by atoms with E-state index in [-0.39, 0.29) is 23.5 Å². The third-order valence-corrected chi connectivity index (χ3v) is 4.44. The largest absolute Gasteiger partial charge is 0.493 e. The number of hydrogen-bond donors (Lipinski definition) is 2. The van der Waals surface area contributed by atoms with Gasteiger partial charge in [0.25, 0.3) is 5.56 Å². The maximum Gasteiger partial charge on any atom is 0.258 e. The monoisotopic (exact) mass is 278 g/mol. The zero-order valence-electron chi connectivity index (χ0n) is 11.7. The molecule has 3 rings (SSSR count). The van der Waals surface area contributed by atoms with E-state index in [9.17, 15) is 9.90 Å². The minimum absolute atomic E-state index is 0.0774. The second-order valence-electron chi connectivity index (χ2n) is 5.92. The number of nitrogens with one attached hydrogen (secondary N) is 1. The van der Waals surface area contributed by atoms with Crippen LogP contribution in [0.4, 0.5) is 0 Å². The van der Waals surface area contributed by atoms with Crippen LogP contribution in [0.2, 0.25) is 0 Å². The molecule has 1 aliphatic heterocycles. The molecule has 2 heterocycles. The Morgan fingerprint density at radius 1 is 1.20 bits per heavy atom. The van der Waals surface area contributed by atoms with Crippen LogP contribution >= 0.6 is 0 Å². The summed E-state index contributed by atoms with van der Waals surface area (Å²) in [5, 5.41) is 10.1. The van der Waals surface area contributed by atoms with Crippen molar-refractivity contribution in [3.05, 3.63) is 21.7 Å². The second-order valence-corrected chi connectivity index (χ2v) is 5.92. The number of aromatic nitrogens is 2. The fourth-order valence-electron chi connectivity index (χ4n) is 3.38. The quantitative estimate of drug-likeness (QED) is 0.889. The van der Waals surface area contributed by atoms with Crippen molar-refractivity contribution in [1.29, 1.82) is 0 Å². The Kier molecular flexibility index (Phi) is 4.05. The molecule has 2 fully saturated rings. The lowest BCUT2D eigenvalue weighted by Crippen LogP contribution is -2.25. The van der Waals surface area contributed by atoms with Gasteiger partial charge in [0, 0.05) is 13.0 Å². The Morgan fingerprint density at radius 2 is 1.95 bits per heavy atom. The summed E-state index contributed by atoms with van der Waals surface area (Å²) in [6, 6.07) is 0. The molecule has 2 aliphatic rings. The average molecular weight is 278 g/mol. The van der Waals surface area contributed by atoms with Gasteiger partial charge in [0.05, 0.1) is 11.7 Å². The summed E-state index contributed by atoms with van der Waals surface area (Å²) < 4.78 is 5.65. The van der Waals surface area contributed by atoms with Gasteiger partial charge in [-0.2, -0.15) is 4.98 Å². The predicted octanol–water partition coefficient (Wildman–Crippen LogP) is 2.24. The number of H-pyrrole nitrogens is 1. The van der Waals surface area contributed by atoms with Gasteiger partial charge in [-0.3, -0.25) is 4.79 Å². The molecule has 0 bridgehead atoms. The SMILES string of the molecule is O=c1[nH]c(CC2CCCCO2)nc(O)c1C1CCCC1. The third-order valence-electron chi connectivity index (χ3n) is 4.44. The zero-order chi connectivity index (χ0) is 13.9. The summed E-state index contributed by atoms with van der Waals surface area (Å²) in [4.78, 5) is 19.2. The molecule has 1 saturated carbocycles. The molecule has 0 radical (unpaired) electrons. The van der Waals surface area contributed by atoms with Crippen LogP contribution < -0.4 is 5.56 Å². The topological polar surface area (TPSA) is 75.2 Å². The lowest BCUT2D eigenvalue weighted by Gasteiger charge is -2.22. The maximum absolute atomic E-state index is 12.2. The van der Waals surface area contributed by atoms with E-state index in [1.165, 1.54) is 0 Å². The summed E-state index contributed by atoms with van der Waals surface area (Å²) in [6.07, 6.45) is 8.15. The van der Waals surface area contributed by atoms with E-state index in [4.69, 9.17) is 4.74 Å². The number of ether oxygens (including phenoxy) is 1. The van der Waals surface area contributed by atoms with Crippen molar-refractivity contribution < 1.29 is 9.84 Å². The standard InChI is InChI=1S/C15H22N2O3/c18-14-13(10-5-1-2-6-10)15(19)17-12(16-14)9-11-7-3-4-8-20-11/h10-11H,1-9H2,(H2,16,17,18,19). The molecular formula is C15H22N2O3. The molecule has 0 spiro atoms. The lowest BCUT2D eigenvalue weighted by molar-refractivity contribution is 0.0155. The van der Waals surface area contributed by atoms with E-state index in [0.717, 1.165) is 51.6 Å². The zero-order valence-corrected chi connectivity index (χ0v) is 11.7. The van der Waals surface area contributed by atoms with Gasteiger partial charge in [0.2, 0.25) is 5.88 Å². The number of aromatic amines is 1. The fraction of sp³-hybridized carbons (Fsp3) is 0.733.